The molecule has 53 heavy (non-hydrogen) atoms. The van der Waals surface area contributed by atoms with Crippen molar-refractivity contribution >= 4 is 0 Å². The van der Waals surface area contributed by atoms with Gasteiger partial charge in [0.2, 0.25) is 11.4 Å². The van der Waals surface area contributed by atoms with Gasteiger partial charge in [-0.15, -0.1) is 0 Å². The van der Waals surface area contributed by atoms with Crippen LogP contribution < -0.4 is 56.3 Å². The van der Waals surface area contributed by atoms with Crippen LogP contribution in [0.2, 0.25) is 0 Å². The first-order valence-corrected chi connectivity index (χ1v) is 16.1. The molecular formula is C40H32Cl3N8O2-. The van der Waals surface area contributed by atoms with Crippen LogP contribution >= 0.6 is 0 Å². The summed E-state index contributed by atoms with van der Waals surface area (Å²) in [5.74, 6) is 2.45. The van der Waals surface area contributed by atoms with E-state index >= 15 is 0 Å². The second-order valence-corrected chi connectivity index (χ2v) is 11.4. The molecular weight excluding hydrogens is 731 g/mol. The zero-order valence-electron chi connectivity index (χ0n) is 28.5. The van der Waals surface area contributed by atoms with Gasteiger partial charge < -0.3 is 46.7 Å². The molecule has 8 rings (SSSR count). The van der Waals surface area contributed by atoms with Crippen LogP contribution in [0.15, 0.2) is 158 Å². The van der Waals surface area contributed by atoms with E-state index in [0.29, 0.717) is 23.1 Å². The van der Waals surface area contributed by atoms with Gasteiger partial charge in [-0.2, -0.15) is 0 Å². The zero-order valence-corrected chi connectivity index (χ0v) is 30.8. The number of methoxy groups -OCH3 is 2. The van der Waals surface area contributed by atoms with Crippen molar-refractivity contribution in [2.45, 2.75) is 0 Å². The largest absolute Gasteiger partial charge is 1.00 e. The molecule has 8 aromatic rings. The molecule has 13 heteroatoms. The molecule has 0 amide bonds. The molecule has 2 heterocycles. The molecule has 0 atom stereocenters. The fourth-order valence-corrected chi connectivity index (χ4v) is 5.79. The number of rotatable bonds is 9. The summed E-state index contributed by atoms with van der Waals surface area (Å²) in [5.41, 5.74) is 6.90. The number of hydrogen-bond donors (Lipinski definition) is 0. The minimum absolute atomic E-state index is 0. The lowest BCUT2D eigenvalue weighted by Crippen LogP contribution is -3.00. The zero-order chi connectivity index (χ0) is 33.9. The van der Waals surface area contributed by atoms with Crippen LogP contribution in [0.4, 0.5) is 0 Å². The lowest BCUT2D eigenvalue weighted by molar-refractivity contribution is -0.734. The molecule has 0 aliphatic heterocycles. The predicted molar refractivity (Wildman–Crippen MR) is 189 cm³/mol. The summed E-state index contributed by atoms with van der Waals surface area (Å²) in [5, 5.41) is 19.6. The van der Waals surface area contributed by atoms with Gasteiger partial charge in [0, 0.05) is 9.59 Å². The highest BCUT2D eigenvalue weighted by Gasteiger charge is 2.28. The third kappa shape index (κ3) is 7.61. The Morgan fingerprint density at radius 3 is 1.09 bits per heavy atom. The van der Waals surface area contributed by atoms with Crippen molar-refractivity contribution in [2.75, 3.05) is 14.2 Å². The highest BCUT2D eigenvalue weighted by molar-refractivity contribution is 5.70. The van der Waals surface area contributed by atoms with Crippen molar-refractivity contribution in [3.05, 3.63) is 158 Å². The average molecular weight is 763 g/mol. The van der Waals surface area contributed by atoms with Crippen LogP contribution in [0, 0.1) is 0 Å². The van der Waals surface area contributed by atoms with Gasteiger partial charge in [0.1, 0.15) is 11.4 Å². The van der Waals surface area contributed by atoms with Crippen molar-refractivity contribution in [1.29, 1.82) is 0 Å². The molecule has 266 valence electrons. The van der Waals surface area contributed by atoms with Crippen LogP contribution in [-0.2, 0) is 0 Å². The van der Waals surface area contributed by atoms with Crippen molar-refractivity contribution < 1.29 is 56.3 Å². The van der Waals surface area contributed by atoms with E-state index < -0.39 is 0 Å². The molecule has 0 unspecified atom stereocenters. The van der Waals surface area contributed by atoms with Gasteiger partial charge in [0.25, 0.3) is 0 Å². The molecule has 10 nitrogen and oxygen atoms in total. The van der Waals surface area contributed by atoms with Gasteiger partial charge in [0.05, 0.1) is 35.5 Å². The smallest absolute Gasteiger partial charge is 0.340 e. The minimum Gasteiger partial charge on any atom is -1.00 e. The summed E-state index contributed by atoms with van der Waals surface area (Å²) in [6.45, 7) is 0. The Balaban J connectivity index is 0.00000180. The fourth-order valence-electron chi connectivity index (χ4n) is 5.79. The Morgan fingerprint density at radius 1 is 0.415 bits per heavy atom. The molecule has 0 saturated heterocycles. The monoisotopic (exact) mass is 761 g/mol. The topological polar surface area (TPSA) is 87.6 Å². The summed E-state index contributed by atoms with van der Waals surface area (Å²) < 4.78 is 11.9. The van der Waals surface area contributed by atoms with Gasteiger partial charge >= 0.3 is 11.6 Å². The van der Waals surface area contributed by atoms with Crippen LogP contribution in [0.1, 0.15) is 0 Å². The predicted octanol–water partition coefficient (Wildman–Crippen LogP) is -2.57. The van der Waals surface area contributed by atoms with E-state index in [-0.39, 0.29) is 37.2 Å². The van der Waals surface area contributed by atoms with E-state index in [9.17, 15) is 0 Å². The Bertz CT molecular complexity index is 2240. The van der Waals surface area contributed by atoms with E-state index in [0.717, 1.165) is 45.0 Å². The standard InChI is InChI=1S/C40H32N8O2.3ClH/c1-49-37-27-31(23-25-35(37)47-43-39(29-15-7-3-8-16-29)41-45(47)33-19-11-5-12-20-33)32-24-26-36(38(28-32)50-2)48-44-40(30-17-9-4-10-18-30)42-46(48)34-21-13-6-14-22-34;;;/h3-28H,1-2H3;3*1H/q+2;;;/p-3. The Morgan fingerprint density at radius 2 is 0.755 bits per heavy atom. The van der Waals surface area contributed by atoms with Crippen LogP contribution in [0.25, 0.3) is 56.7 Å². The number of hydrogen-bond acceptors (Lipinski definition) is 6. The van der Waals surface area contributed by atoms with Gasteiger partial charge in [0.15, 0.2) is 11.5 Å². The number of ether oxygens (including phenoxy) is 2. The van der Waals surface area contributed by atoms with Gasteiger partial charge in [-0.05, 0) is 116 Å². The third-order valence-electron chi connectivity index (χ3n) is 8.28. The number of aromatic nitrogens is 8. The Kier molecular flexibility index (Phi) is 12.2. The number of nitrogens with zero attached hydrogens (tertiary/aromatic N) is 8. The first kappa shape index (κ1) is 38.2. The van der Waals surface area contributed by atoms with Crippen molar-refractivity contribution in [1.82, 2.24) is 30.0 Å². The van der Waals surface area contributed by atoms with Crippen LogP contribution in [-0.4, -0.2) is 44.2 Å². The molecule has 0 aliphatic rings. The molecule has 0 bridgehead atoms. The second-order valence-electron chi connectivity index (χ2n) is 11.4. The molecule has 0 saturated carbocycles. The van der Waals surface area contributed by atoms with E-state index in [1.807, 2.05) is 158 Å². The SMILES string of the molecule is COc1cc(-c2ccc(-[n+]3nc(-c4ccccc4)nn3-c3ccccc3)c(OC)c2)ccc1-[n+]1nc(-c2ccccc2)nn1-c1ccccc1.[Cl-].[Cl-].[Cl-]. The maximum Gasteiger partial charge on any atom is 0.340 e. The molecule has 2 aromatic heterocycles. The molecule has 0 N–H and O–H groups in total. The van der Waals surface area contributed by atoms with Gasteiger partial charge in [-0.25, -0.2) is 0 Å². The van der Waals surface area contributed by atoms with Gasteiger partial charge in [-0.1, -0.05) is 72.8 Å². The summed E-state index contributed by atoms with van der Waals surface area (Å²) in [6, 6.07) is 51.7. The van der Waals surface area contributed by atoms with Gasteiger partial charge in [-0.3, -0.25) is 0 Å². The van der Waals surface area contributed by atoms with Crippen molar-refractivity contribution in [2.24, 2.45) is 0 Å². The first-order valence-electron chi connectivity index (χ1n) is 16.1. The quantitative estimate of drug-likeness (QED) is 0.151. The lowest BCUT2D eigenvalue weighted by Gasteiger charge is -2.11. The normalized spacial score (nSPS) is 10.4. The molecule has 0 spiro atoms. The summed E-state index contributed by atoms with van der Waals surface area (Å²) >= 11 is 0. The Hall–Kier alpha value is -6.07. The van der Waals surface area contributed by atoms with E-state index in [2.05, 4.69) is 0 Å². The number of tetrazole rings is 2. The van der Waals surface area contributed by atoms with E-state index in [1.54, 1.807) is 33.4 Å². The number of para-hydroxylation sites is 2. The van der Waals surface area contributed by atoms with E-state index in [1.165, 1.54) is 0 Å². The third-order valence-corrected chi connectivity index (χ3v) is 8.28. The van der Waals surface area contributed by atoms with Crippen LogP contribution in [0.3, 0.4) is 0 Å². The fraction of sp³-hybridized carbons (Fsp3) is 0.0500. The first-order chi connectivity index (χ1) is 24.7. The number of benzene rings is 6. The summed E-state index contributed by atoms with van der Waals surface area (Å²) in [6.07, 6.45) is 0. The van der Waals surface area contributed by atoms with E-state index in [4.69, 9.17) is 29.9 Å². The van der Waals surface area contributed by atoms with Crippen LogP contribution in [0.5, 0.6) is 11.5 Å². The van der Waals surface area contributed by atoms with Crippen molar-refractivity contribution in [3.63, 3.8) is 0 Å². The summed E-state index contributed by atoms with van der Waals surface area (Å²) in [4.78, 5) is 7.09. The lowest BCUT2D eigenvalue weighted by atomic mass is 10.0. The average Bonchev–Trinajstić information content (AvgIpc) is 3.85. The molecule has 0 aliphatic carbocycles. The maximum absolute atomic E-state index is 5.97. The number of halogens is 3. The minimum atomic E-state index is 0. The van der Waals surface area contributed by atoms with Crippen molar-refractivity contribution in [3.8, 4) is 68.2 Å². The molecule has 0 radical (unpaired) electrons. The highest BCUT2D eigenvalue weighted by Crippen LogP contribution is 2.32. The highest BCUT2D eigenvalue weighted by atomic mass is 35.5. The Labute approximate surface area is 325 Å². The molecule has 6 aromatic carbocycles. The second kappa shape index (κ2) is 17.0. The molecule has 0 fully saturated rings. The maximum atomic E-state index is 5.97. The summed E-state index contributed by atoms with van der Waals surface area (Å²) in [7, 11) is 3.32.